The van der Waals surface area contributed by atoms with E-state index < -0.39 is 5.54 Å². The maximum absolute atomic E-state index is 10.9. The molecule has 0 spiro atoms. The van der Waals surface area contributed by atoms with E-state index in [1.54, 1.807) is 6.92 Å². The van der Waals surface area contributed by atoms with Gasteiger partial charge in [0.15, 0.2) is 0 Å². The number of ketones is 1. The molecule has 0 aromatic rings. The van der Waals surface area contributed by atoms with Gasteiger partial charge < -0.3 is 10.5 Å². The van der Waals surface area contributed by atoms with E-state index in [0.717, 1.165) is 25.7 Å². The molecule has 0 bridgehead atoms. The van der Waals surface area contributed by atoms with Crippen LogP contribution in [-0.2, 0) is 4.79 Å². The average Bonchev–Trinajstić information content (AvgIpc) is 2.09. The van der Waals surface area contributed by atoms with Crippen LogP contribution in [0.25, 0.3) is 5.73 Å². The normalized spacial score (nSPS) is 19.1. The van der Waals surface area contributed by atoms with Crippen LogP contribution in [0, 0.1) is 0 Å². The predicted molar refractivity (Wildman–Crippen MR) is 52.2 cm³/mol. The molecule has 1 rings (SSSR count). The Kier molecular flexibility index (Phi) is 11.0. The van der Waals surface area contributed by atoms with E-state index in [4.69, 9.17) is 5.73 Å². The Bertz CT molecular complexity index is 142. The maximum atomic E-state index is 10.9. The summed E-state index contributed by atoms with van der Waals surface area (Å²) < 4.78 is 0. The Morgan fingerprint density at radius 3 is 1.77 bits per heavy atom. The molecule has 0 amide bonds. The Morgan fingerprint density at radius 2 is 1.54 bits per heavy atom. The number of rotatable bonds is 1. The Hall–Kier alpha value is 1.27. The molecular weight excluding hydrogens is 189 g/mol. The van der Waals surface area contributed by atoms with Gasteiger partial charge in [0.25, 0.3) is 0 Å². The summed E-state index contributed by atoms with van der Waals surface area (Å²) in [6.45, 7) is 5.54. The summed E-state index contributed by atoms with van der Waals surface area (Å²) in [5, 5.41) is 0. The largest absolute Gasteiger partial charge is 1.00 e. The molecule has 13 heavy (non-hydrogen) atoms. The van der Waals surface area contributed by atoms with Gasteiger partial charge in [-0.25, -0.2) is 0 Å². The molecule has 3 heteroatoms. The van der Waals surface area contributed by atoms with Crippen molar-refractivity contribution in [3.63, 3.8) is 0 Å². The summed E-state index contributed by atoms with van der Waals surface area (Å²) >= 11 is 0. The Morgan fingerprint density at radius 1 is 1.15 bits per heavy atom. The molecule has 72 valence electrons. The fourth-order valence-electron chi connectivity index (χ4n) is 1.51. The molecule has 1 aliphatic carbocycles. The fraction of sp³-hybridized carbons (Fsp3) is 0.900. The van der Waals surface area contributed by atoms with Crippen molar-refractivity contribution in [3.05, 3.63) is 5.73 Å². The van der Waals surface area contributed by atoms with Gasteiger partial charge in [0.2, 0.25) is 0 Å². The first-order valence-corrected chi connectivity index (χ1v) is 4.91. The molecule has 0 heterocycles. The second-order valence-corrected chi connectivity index (χ2v) is 3.20. The van der Waals surface area contributed by atoms with E-state index in [1.807, 2.05) is 13.8 Å². The molecule has 0 aliphatic heterocycles. The number of carbonyl (C=O) groups excluding carboxylic acids is 1. The molecule has 1 N–H and O–H groups in total. The smallest absolute Gasteiger partial charge is 0.666 e. The molecule has 0 saturated heterocycles. The SMILES string of the molecule is CC.CC(=O)C1([NH-])CCCCC1.[K+]. The molecule has 0 unspecified atom stereocenters. The van der Waals surface area contributed by atoms with Crippen LogP contribution in [-0.4, -0.2) is 11.3 Å². The molecule has 2 nitrogen and oxygen atoms in total. The minimum Gasteiger partial charge on any atom is -0.666 e. The summed E-state index contributed by atoms with van der Waals surface area (Å²) in [4.78, 5) is 10.9. The minimum atomic E-state index is -0.710. The number of nitrogens with one attached hydrogen (secondary N) is 1. The number of Topliss-reactive ketones (excluding diaryl/α,β-unsaturated/α-hetero) is 1. The van der Waals surface area contributed by atoms with Crippen molar-refractivity contribution in [1.82, 2.24) is 0 Å². The van der Waals surface area contributed by atoms with Crippen molar-refractivity contribution in [2.75, 3.05) is 0 Å². The molecule has 0 aromatic heterocycles. The minimum absolute atomic E-state index is 0. The average molecular weight is 209 g/mol. The van der Waals surface area contributed by atoms with Crippen molar-refractivity contribution >= 4 is 5.78 Å². The first kappa shape index (κ1) is 16.7. The van der Waals surface area contributed by atoms with Crippen LogP contribution in [0.2, 0.25) is 0 Å². The molecule has 1 aliphatic rings. The van der Waals surface area contributed by atoms with Crippen LogP contribution in [0.1, 0.15) is 52.9 Å². The van der Waals surface area contributed by atoms with Gasteiger partial charge >= 0.3 is 51.4 Å². The second-order valence-electron chi connectivity index (χ2n) is 3.20. The van der Waals surface area contributed by atoms with E-state index in [2.05, 4.69) is 0 Å². The maximum Gasteiger partial charge on any atom is 1.00 e. The third-order valence-corrected chi connectivity index (χ3v) is 2.38. The first-order chi connectivity index (χ1) is 5.65. The molecule has 1 saturated carbocycles. The zero-order chi connectivity index (χ0) is 9.61. The zero-order valence-corrected chi connectivity index (χ0v) is 12.6. The molecule has 0 atom stereocenters. The van der Waals surface area contributed by atoms with Gasteiger partial charge in [0.1, 0.15) is 5.78 Å². The third kappa shape index (κ3) is 5.65. The van der Waals surface area contributed by atoms with Gasteiger partial charge in [-0.15, -0.1) is 0 Å². The van der Waals surface area contributed by atoms with Crippen LogP contribution in [0.4, 0.5) is 0 Å². The summed E-state index contributed by atoms with van der Waals surface area (Å²) in [5.41, 5.74) is 7.02. The van der Waals surface area contributed by atoms with Crippen LogP contribution >= 0.6 is 0 Å². The van der Waals surface area contributed by atoms with E-state index in [-0.39, 0.29) is 57.2 Å². The van der Waals surface area contributed by atoms with E-state index in [9.17, 15) is 4.79 Å². The van der Waals surface area contributed by atoms with Crippen LogP contribution in [0.15, 0.2) is 0 Å². The van der Waals surface area contributed by atoms with Crippen LogP contribution < -0.4 is 51.4 Å². The number of hydrogen-bond donors (Lipinski definition) is 0. The van der Waals surface area contributed by atoms with Crippen LogP contribution in [0.3, 0.4) is 0 Å². The quantitative estimate of drug-likeness (QED) is 0.575. The van der Waals surface area contributed by atoms with Crippen molar-refractivity contribution in [2.45, 2.75) is 58.4 Å². The van der Waals surface area contributed by atoms with E-state index in [0.29, 0.717) is 0 Å². The second kappa shape index (κ2) is 8.56. The third-order valence-electron chi connectivity index (χ3n) is 2.38. The Balaban J connectivity index is 0. The number of hydrogen-bond acceptors (Lipinski definition) is 1. The molecule has 0 aromatic carbocycles. The Labute approximate surface area is 124 Å². The zero-order valence-electron chi connectivity index (χ0n) is 9.44. The predicted octanol–water partition coefficient (Wildman–Crippen LogP) is 0.361. The van der Waals surface area contributed by atoms with Gasteiger partial charge in [-0.2, -0.15) is 0 Å². The standard InChI is InChI=1S/C8H14NO.C2H6.K/c1-7(10)8(9)5-3-2-4-6-8;1-2;/h9H,2-6H2,1H3;1-2H3;/q-1;;+1. The number of carbonyl (C=O) groups is 1. The topological polar surface area (TPSA) is 40.9 Å². The van der Waals surface area contributed by atoms with E-state index >= 15 is 0 Å². The monoisotopic (exact) mass is 209 g/mol. The summed E-state index contributed by atoms with van der Waals surface area (Å²) in [5.74, 6) is 0.0483. The van der Waals surface area contributed by atoms with Crippen molar-refractivity contribution in [1.29, 1.82) is 0 Å². The van der Waals surface area contributed by atoms with E-state index in [1.165, 1.54) is 6.42 Å². The van der Waals surface area contributed by atoms with Crippen molar-refractivity contribution in [3.8, 4) is 0 Å². The van der Waals surface area contributed by atoms with Gasteiger partial charge in [-0.3, -0.25) is 0 Å². The van der Waals surface area contributed by atoms with Gasteiger partial charge in [0, 0.05) is 0 Å². The molecule has 0 radical (unpaired) electrons. The van der Waals surface area contributed by atoms with Gasteiger partial charge in [-0.05, 0) is 6.92 Å². The van der Waals surface area contributed by atoms with Crippen molar-refractivity contribution < 1.29 is 56.2 Å². The molecular formula is C10H20KNO. The summed E-state index contributed by atoms with van der Waals surface area (Å²) in [7, 11) is 0. The van der Waals surface area contributed by atoms with Crippen molar-refractivity contribution in [2.24, 2.45) is 0 Å². The van der Waals surface area contributed by atoms with Gasteiger partial charge in [0.05, 0.1) is 0 Å². The summed E-state index contributed by atoms with van der Waals surface area (Å²) in [6.07, 6.45) is 4.88. The summed E-state index contributed by atoms with van der Waals surface area (Å²) in [6, 6.07) is 0. The fourth-order valence-corrected chi connectivity index (χ4v) is 1.51. The van der Waals surface area contributed by atoms with Gasteiger partial charge in [-0.1, -0.05) is 51.5 Å². The van der Waals surface area contributed by atoms with Crippen LogP contribution in [0.5, 0.6) is 0 Å². The molecule has 1 fully saturated rings. The first-order valence-electron chi connectivity index (χ1n) is 4.91.